The van der Waals surface area contributed by atoms with E-state index in [-0.39, 0.29) is 19.0 Å². The smallest absolute Gasteiger partial charge is 0.511 e. The Morgan fingerprint density at radius 2 is 1.76 bits per heavy atom. The number of ether oxygens (including phenoxy) is 3. The largest absolute Gasteiger partial charge is 1.00 e. The predicted octanol–water partition coefficient (Wildman–Crippen LogP) is 4.48. The lowest BCUT2D eigenvalue weighted by atomic mass is 9.98. The van der Waals surface area contributed by atoms with Crippen LogP contribution >= 0.6 is 11.6 Å². The molecule has 0 radical (unpaired) electrons. The number of aryl methyl sites for hydroxylation is 2. The van der Waals surface area contributed by atoms with Gasteiger partial charge in [0.05, 0.1) is 17.7 Å². The summed E-state index contributed by atoms with van der Waals surface area (Å²) in [4.78, 5) is 16.3. The van der Waals surface area contributed by atoms with Crippen molar-refractivity contribution in [2.24, 2.45) is 0 Å². The molecule has 0 spiro atoms. The molecule has 0 saturated carbocycles. The Kier molecular flexibility index (Phi) is 9.41. The number of pyridine rings is 1. The molecule has 3 rings (SSSR count). The quantitative estimate of drug-likeness (QED) is 0.263. The summed E-state index contributed by atoms with van der Waals surface area (Å²) in [6, 6.07) is 8.14. The highest BCUT2D eigenvalue weighted by molar-refractivity contribution is 6.32. The number of aromatic nitrogens is 1. The lowest BCUT2D eigenvalue weighted by molar-refractivity contribution is -0.137. The Hall–Kier alpha value is -2.71. The van der Waals surface area contributed by atoms with Gasteiger partial charge in [0.15, 0.2) is 0 Å². The molecule has 0 atom stereocenters. The summed E-state index contributed by atoms with van der Waals surface area (Å²) in [5.74, 6) is 0.292. The molecule has 0 aliphatic carbocycles. The van der Waals surface area contributed by atoms with E-state index in [1.807, 2.05) is 13.8 Å². The molecule has 1 heterocycles. The summed E-state index contributed by atoms with van der Waals surface area (Å²) in [7, 11) is 0. The maximum atomic E-state index is 13.0. The van der Waals surface area contributed by atoms with Gasteiger partial charge in [-0.25, -0.2) is 4.79 Å². The van der Waals surface area contributed by atoms with Gasteiger partial charge in [0, 0.05) is 21.7 Å². The zero-order valence-electron chi connectivity index (χ0n) is 18.8. The molecule has 34 heavy (non-hydrogen) atoms. The number of rotatable bonds is 7. The van der Waals surface area contributed by atoms with Crippen molar-refractivity contribution in [1.82, 2.24) is 4.98 Å². The van der Waals surface area contributed by atoms with Crippen LogP contribution in [0.15, 0.2) is 36.4 Å². The van der Waals surface area contributed by atoms with Crippen LogP contribution in [0.5, 0.6) is 5.75 Å². The van der Waals surface area contributed by atoms with Crippen molar-refractivity contribution in [1.29, 1.82) is 0 Å². The number of fused-ring (bicyclic) bond motifs is 1. The topological polar surface area (TPSA) is 57.7 Å². The van der Waals surface area contributed by atoms with Gasteiger partial charge in [0.25, 0.3) is 0 Å². The van der Waals surface area contributed by atoms with Gasteiger partial charge in [-0.1, -0.05) is 37.1 Å². The van der Waals surface area contributed by atoms with Gasteiger partial charge in [0.2, 0.25) is 6.79 Å². The van der Waals surface area contributed by atoms with E-state index in [9.17, 15) is 18.0 Å². The van der Waals surface area contributed by atoms with Crippen LogP contribution < -0.4 is 17.1 Å². The van der Waals surface area contributed by atoms with Crippen LogP contribution in [0.4, 0.5) is 18.0 Å². The van der Waals surface area contributed by atoms with Crippen LogP contribution in [0.2, 0.25) is 5.02 Å². The molecule has 0 fully saturated rings. The number of unbranched alkanes of at least 4 members (excludes halogenated alkanes) is 1. The highest BCUT2D eigenvalue weighted by Crippen LogP contribution is 2.41. The fraction of sp³-hybridized carbons (Fsp3) is 0.333. The van der Waals surface area contributed by atoms with Crippen molar-refractivity contribution in [3.63, 3.8) is 0 Å². The van der Waals surface area contributed by atoms with Crippen molar-refractivity contribution < 1.29 is 44.6 Å². The van der Waals surface area contributed by atoms with E-state index in [1.165, 1.54) is 12.1 Å². The number of benzene rings is 2. The summed E-state index contributed by atoms with van der Waals surface area (Å²) in [5, 5.41) is 1.00. The molecule has 0 unspecified atom stereocenters. The van der Waals surface area contributed by atoms with Crippen LogP contribution in [0, 0.1) is 13.8 Å². The SMILES string of the molecule is CCCCOC(=O)OCOc1c(-c2ccc(C(F)(F)F)cc2)c(C)nc2cc(C)c(Cl)cc12.[Cl-]. The Morgan fingerprint density at radius 1 is 1.09 bits per heavy atom. The molecule has 10 heteroatoms. The van der Waals surface area contributed by atoms with E-state index >= 15 is 0 Å². The van der Waals surface area contributed by atoms with Crippen molar-refractivity contribution in [2.45, 2.75) is 39.8 Å². The fourth-order valence-electron chi connectivity index (χ4n) is 3.27. The molecule has 0 bridgehead atoms. The van der Waals surface area contributed by atoms with Crippen molar-refractivity contribution in [3.05, 3.63) is 58.2 Å². The highest BCUT2D eigenvalue weighted by Gasteiger charge is 2.30. The summed E-state index contributed by atoms with van der Waals surface area (Å²) in [5.41, 5.74) is 2.10. The maximum Gasteiger partial charge on any atom is 0.511 e. The van der Waals surface area contributed by atoms with E-state index in [0.29, 0.717) is 44.9 Å². The molecular weight excluding hydrogens is 494 g/mol. The van der Waals surface area contributed by atoms with Gasteiger partial charge < -0.3 is 26.6 Å². The molecule has 0 aliphatic rings. The molecule has 1 aromatic heterocycles. The molecule has 0 amide bonds. The highest BCUT2D eigenvalue weighted by atomic mass is 35.5. The second-order valence-corrected chi connectivity index (χ2v) is 7.86. The standard InChI is InChI=1S/C24H23ClF3NO4.ClH/c1-4-5-10-31-23(30)33-13-32-22-18-12-19(25)14(2)11-20(18)29-15(3)21(22)16-6-8-17(9-7-16)24(26,27)28;/h6-9,11-12H,4-5,10,13H2,1-3H3;1H/p-1. The lowest BCUT2D eigenvalue weighted by Gasteiger charge is -2.18. The lowest BCUT2D eigenvalue weighted by Crippen LogP contribution is -3.00. The Balaban J connectivity index is 0.00000408. The molecule has 0 N–H and O–H groups in total. The van der Waals surface area contributed by atoms with Crippen molar-refractivity contribution in [3.8, 4) is 16.9 Å². The van der Waals surface area contributed by atoms with E-state index in [4.69, 9.17) is 25.8 Å². The zero-order valence-corrected chi connectivity index (χ0v) is 20.3. The van der Waals surface area contributed by atoms with Crippen LogP contribution in [-0.2, 0) is 15.7 Å². The Bertz CT molecular complexity index is 1150. The molecule has 3 aromatic rings. The minimum Gasteiger partial charge on any atom is -1.00 e. The van der Waals surface area contributed by atoms with E-state index in [1.54, 1.807) is 19.1 Å². The van der Waals surface area contributed by atoms with Gasteiger partial charge >= 0.3 is 12.3 Å². The van der Waals surface area contributed by atoms with Gasteiger partial charge in [0.1, 0.15) is 5.75 Å². The van der Waals surface area contributed by atoms with Crippen LogP contribution in [0.25, 0.3) is 22.0 Å². The average molecular weight is 517 g/mol. The second-order valence-electron chi connectivity index (χ2n) is 7.45. The molecule has 5 nitrogen and oxygen atoms in total. The normalized spacial score (nSPS) is 11.1. The van der Waals surface area contributed by atoms with Crippen LogP contribution in [0.1, 0.15) is 36.6 Å². The van der Waals surface area contributed by atoms with Crippen molar-refractivity contribution >= 4 is 28.7 Å². The van der Waals surface area contributed by atoms with E-state index in [0.717, 1.165) is 24.1 Å². The number of hydrogen-bond acceptors (Lipinski definition) is 5. The Labute approximate surface area is 206 Å². The molecule has 184 valence electrons. The number of carbonyl (C=O) groups is 1. The summed E-state index contributed by atoms with van der Waals surface area (Å²) in [6.07, 6.45) is -3.75. The minimum absolute atomic E-state index is 0. The van der Waals surface area contributed by atoms with E-state index in [2.05, 4.69) is 4.98 Å². The molecular formula is C24H23Cl2F3NO4-. The summed E-state index contributed by atoms with van der Waals surface area (Å²) < 4.78 is 54.8. The molecule has 0 saturated heterocycles. The Morgan fingerprint density at radius 3 is 2.38 bits per heavy atom. The number of nitrogens with zero attached hydrogens (tertiary/aromatic N) is 1. The third-order valence-corrected chi connectivity index (χ3v) is 5.40. The first-order valence-electron chi connectivity index (χ1n) is 10.3. The number of hydrogen-bond donors (Lipinski definition) is 0. The second kappa shape index (κ2) is 11.6. The van der Waals surface area contributed by atoms with Crippen LogP contribution in [0.3, 0.4) is 0 Å². The third kappa shape index (κ3) is 6.45. The first-order chi connectivity index (χ1) is 15.6. The first-order valence-corrected chi connectivity index (χ1v) is 10.7. The average Bonchev–Trinajstić information content (AvgIpc) is 2.75. The zero-order chi connectivity index (χ0) is 24.2. The predicted molar refractivity (Wildman–Crippen MR) is 120 cm³/mol. The summed E-state index contributed by atoms with van der Waals surface area (Å²) >= 11 is 6.31. The molecule has 2 aromatic carbocycles. The number of halogens is 5. The first kappa shape index (κ1) is 27.5. The van der Waals surface area contributed by atoms with E-state index < -0.39 is 24.7 Å². The van der Waals surface area contributed by atoms with Gasteiger partial charge in [-0.05, 0) is 55.7 Å². The van der Waals surface area contributed by atoms with Gasteiger partial charge in [-0.2, -0.15) is 13.2 Å². The monoisotopic (exact) mass is 516 g/mol. The number of alkyl halides is 3. The summed E-state index contributed by atoms with van der Waals surface area (Å²) in [6.45, 7) is 5.30. The van der Waals surface area contributed by atoms with Crippen molar-refractivity contribution in [2.75, 3.05) is 13.4 Å². The minimum atomic E-state index is -4.45. The van der Waals surface area contributed by atoms with Crippen LogP contribution in [-0.4, -0.2) is 24.5 Å². The van der Waals surface area contributed by atoms with Gasteiger partial charge in [-0.15, -0.1) is 0 Å². The third-order valence-electron chi connectivity index (χ3n) is 5.00. The number of carbonyl (C=O) groups excluding carboxylic acids is 1. The fourth-order valence-corrected chi connectivity index (χ4v) is 3.43. The van der Waals surface area contributed by atoms with Gasteiger partial charge in [-0.3, -0.25) is 4.98 Å². The molecule has 0 aliphatic heterocycles. The maximum absolute atomic E-state index is 13.0.